The third-order valence-corrected chi connectivity index (χ3v) is 6.53. The zero-order valence-electron chi connectivity index (χ0n) is 19.4. The fourth-order valence-electron chi connectivity index (χ4n) is 4.74. The maximum atomic E-state index is 13.3. The first-order valence-corrected chi connectivity index (χ1v) is 11.8. The number of halogens is 3. The highest BCUT2D eigenvalue weighted by atomic mass is 19.4. The molecule has 0 saturated heterocycles. The lowest BCUT2D eigenvalue weighted by atomic mass is 9.99. The van der Waals surface area contributed by atoms with E-state index in [2.05, 4.69) is 42.6 Å². The van der Waals surface area contributed by atoms with Crippen LogP contribution in [0, 0.1) is 0 Å². The number of fused-ring (bicyclic) bond motifs is 2. The van der Waals surface area contributed by atoms with Gasteiger partial charge in [-0.3, -0.25) is 0 Å². The van der Waals surface area contributed by atoms with E-state index < -0.39 is 11.7 Å². The summed E-state index contributed by atoms with van der Waals surface area (Å²) in [5.41, 5.74) is 1.88. The molecule has 1 N–H and O–H groups in total. The first-order chi connectivity index (χ1) is 16.9. The molecule has 2 atom stereocenters. The summed E-state index contributed by atoms with van der Waals surface area (Å²) in [7, 11) is 0. The molecule has 3 nitrogen and oxygen atoms in total. The molecule has 1 heterocycles. The van der Waals surface area contributed by atoms with E-state index in [0.717, 1.165) is 18.2 Å². The van der Waals surface area contributed by atoms with E-state index in [-0.39, 0.29) is 12.1 Å². The van der Waals surface area contributed by atoms with Crippen molar-refractivity contribution in [1.82, 2.24) is 5.32 Å². The lowest BCUT2D eigenvalue weighted by molar-refractivity contribution is -0.137. The SMILES string of the molecule is CC(NCCC1CN(c2cccc(C(F)(F)F)c2)c2ccccc2O1)c1cccc2ccccc12. The van der Waals surface area contributed by atoms with Crippen molar-refractivity contribution in [3.63, 3.8) is 0 Å². The Balaban J connectivity index is 1.31. The summed E-state index contributed by atoms with van der Waals surface area (Å²) in [6.07, 6.45) is -3.83. The Morgan fingerprint density at radius 3 is 2.54 bits per heavy atom. The van der Waals surface area contributed by atoms with Gasteiger partial charge >= 0.3 is 6.18 Å². The molecule has 1 aliphatic rings. The van der Waals surface area contributed by atoms with Crippen LogP contribution in [-0.4, -0.2) is 19.2 Å². The Bertz CT molecular complexity index is 1320. The molecule has 4 aromatic carbocycles. The van der Waals surface area contributed by atoms with Crippen LogP contribution >= 0.6 is 0 Å². The van der Waals surface area contributed by atoms with Crippen molar-refractivity contribution in [2.24, 2.45) is 0 Å². The third-order valence-electron chi connectivity index (χ3n) is 6.53. The van der Waals surface area contributed by atoms with Crippen molar-refractivity contribution in [1.29, 1.82) is 0 Å². The van der Waals surface area contributed by atoms with Crippen LogP contribution in [0.2, 0.25) is 0 Å². The maximum absolute atomic E-state index is 13.3. The second-order valence-corrected chi connectivity index (χ2v) is 8.90. The van der Waals surface area contributed by atoms with Crippen LogP contribution in [0.15, 0.2) is 91.0 Å². The first kappa shape index (κ1) is 23.2. The van der Waals surface area contributed by atoms with Crippen molar-refractivity contribution in [3.05, 3.63) is 102 Å². The minimum absolute atomic E-state index is 0.150. The smallest absolute Gasteiger partial charge is 0.416 e. The van der Waals surface area contributed by atoms with Gasteiger partial charge in [0.15, 0.2) is 0 Å². The molecule has 0 spiro atoms. The number of ether oxygens (including phenoxy) is 1. The van der Waals surface area contributed by atoms with E-state index in [1.165, 1.54) is 28.5 Å². The molecule has 180 valence electrons. The predicted octanol–water partition coefficient (Wildman–Crippen LogP) is 7.50. The van der Waals surface area contributed by atoms with Gasteiger partial charge < -0.3 is 15.0 Å². The van der Waals surface area contributed by atoms with Gasteiger partial charge in [-0.1, -0.05) is 60.7 Å². The van der Waals surface area contributed by atoms with E-state index in [1.54, 1.807) is 6.07 Å². The predicted molar refractivity (Wildman–Crippen MR) is 134 cm³/mol. The summed E-state index contributed by atoms with van der Waals surface area (Å²) < 4.78 is 46.2. The van der Waals surface area contributed by atoms with Crippen LogP contribution in [-0.2, 0) is 6.18 Å². The number of para-hydroxylation sites is 2. The van der Waals surface area contributed by atoms with Crippen molar-refractivity contribution in [2.45, 2.75) is 31.7 Å². The molecule has 2 unspecified atom stereocenters. The second kappa shape index (κ2) is 9.62. The Morgan fingerprint density at radius 2 is 1.69 bits per heavy atom. The van der Waals surface area contributed by atoms with Crippen LogP contribution in [0.1, 0.15) is 30.5 Å². The summed E-state index contributed by atoms with van der Waals surface area (Å²) in [5, 5.41) is 6.04. The van der Waals surface area contributed by atoms with Crippen LogP contribution in [0.3, 0.4) is 0 Å². The number of alkyl halides is 3. The van der Waals surface area contributed by atoms with Gasteiger partial charge in [-0.2, -0.15) is 13.2 Å². The average Bonchev–Trinajstić information content (AvgIpc) is 2.87. The highest BCUT2D eigenvalue weighted by Gasteiger charge is 2.32. The first-order valence-electron chi connectivity index (χ1n) is 11.8. The van der Waals surface area contributed by atoms with Crippen molar-refractivity contribution in [3.8, 4) is 5.75 Å². The Labute approximate surface area is 203 Å². The van der Waals surface area contributed by atoms with Crippen LogP contribution in [0.5, 0.6) is 5.75 Å². The minimum Gasteiger partial charge on any atom is -0.486 e. The number of nitrogens with one attached hydrogen (secondary N) is 1. The number of hydrogen-bond donors (Lipinski definition) is 1. The molecule has 0 fully saturated rings. The van der Waals surface area contributed by atoms with Gasteiger partial charge in [0.25, 0.3) is 0 Å². The summed E-state index contributed by atoms with van der Waals surface area (Å²) in [6.45, 7) is 3.34. The zero-order valence-corrected chi connectivity index (χ0v) is 19.4. The van der Waals surface area contributed by atoms with Gasteiger partial charge in [0.1, 0.15) is 11.9 Å². The molecule has 4 aromatic rings. The van der Waals surface area contributed by atoms with E-state index in [1.807, 2.05) is 41.3 Å². The molecule has 0 aliphatic carbocycles. The highest BCUT2D eigenvalue weighted by molar-refractivity contribution is 5.86. The molecule has 6 heteroatoms. The van der Waals surface area contributed by atoms with Crippen molar-refractivity contribution < 1.29 is 17.9 Å². The molecule has 0 saturated carbocycles. The van der Waals surface area contributed by atoms with E-state index in [4.69, 9.17) is 4.74 Å². The lowest BCUT2D eigenvalue weighted by Gasteiger charge is -2.36. The van der Waals surface area contributed by atoms with Crippen LogP contribution in [0.4, 0.5) is 24.5 Å². The molecule has 0 radical (unpaired) electrons. The summed E-state index contributed by atoms with van der Waals surface area (Å²) in [5.74, 6) is 0.684. The Hall–Kier alpha value is -3.51. The molecule has 0 amide bonds. The van der Waals surface area contributed by atoms with Gasteiger partial charge in [-0.05, 0) is 66.6 Å². The molecule has 0 aromatic heterocycles. The fourth-order valence-corrected chi connectivity index (χ4v) is 4.74. The van der Waals surface area contributed by atoms with Crippen LogP contribution in [0.25, 0.3) is 10.8 Å². The number of anilines is 2. The number of nitrogens with zero attached hydrogens (tertiary/aromatic N) is 1. The van der Waals surface area contributed by atoms with E-state index in [9.17, 15) is 13.2 Å². The molecule has 1 aliphatic heterocycles. The van der Waals surface area contributed by atoms with Gasteiger partial charge in [0, 0.05) is 11.7 Å². The summed E-state index contributed by atoms with van der Waals surface area (Å²) in [4.78, 5) is 1.92. The molecule has 0 bridgehead atoms. The average molecular weight is 477 g/mol. The summed E-state index contributed by atoms with van der Waals surface area (Å²) in [6, 6.07) is 27.8. The minimum atomic E-state index is -4.39. The maximum Gasteiger partial charge on any atom is 0.416 e. The largest absolute Gasteiger partial charge is 0.486 e. The van der Waals surface area contributed by atoms with E-state index >= 15 is 0 Å². The van der Waals surface area contributed by atoms with Gasteiger partial charge in [0.2, 0.25) is 0 Å². The van der Waals surface area contributed by atoms with Gasteiger partial charge in [-0.15, -0.1) is 0 Å². The molecule has 5 rings (SSSR count). The standard InChI is InChI=1S/C29H27F3N2O/c1-20(25-13-6-9-21-8-2-3-12-26(21)25)33-17-16-24-19-34(27-14-4-5-15-28(27)35-24)23-11-7-10-22(18-23)29(30,31)32/h2-15,18,20,24,33H,16-17,19H2,1H3. The topological polar surface area (TPSA) is 24.5 Å². The Morgan fingerprint density at radius 1 is 0.943 bits per heavy atom. The fraction of sp³-hybridized carbons (Fsp3) is 0.241. The van der Waals surface area contributed by atoms with E-state index in [0.29, 0.717) is 24.5 Å². The summed E-state index contributed by atoms with van der Waals surface area (Å²) >= 11 is 0. The highest BCUT2D eigenvalue weighted by Crippen LogP contribution is 2.40. The lowest BCUT2D eigenvalue weighted by Crippen LogP contribution is -2.39. The molecule has 35 heavy (non-hydrogen) atoms. The Kier molecular flexibility index (Phi) is 6.39. The van der Waals surface area contributed by atoms with Crippen molar-refractivity contribution >= 4 is 22.1 Å². The third kappa shape index (κ3) is 4.98. The second-order valence-electron chi connectivity index (χ2n) is 8.90. The monoisotopic (exact) mass is 476 g/mol. The van der Waals surface area contributed by atoms with Crippen molar-refractivity contribution in [2.75, 3.05) is 18.0 Å². The number of hydrogen-bond acceptors (Lipinski definition) is 3. The quantitative estimate of drug-likeness (QED) is 0.312. The zero-order chi connectivity index (χ0) is 24.4. The molecular formula is C29H27F3N2O. The van der Waals surface area contributed by atoms with Crippen LogP contribution < -0.4 is 15.0 Å². The van der Waals surface area contributed by atoms with Gasteiger partial charge in [0.05, 0.1) is 17.8 Å². The normalized spacial score (nSPS) is 16.6. The van der Waals surface area contributed by atoms with Gasteiger partial charge in [-0.25, -0.2) is 0 Å². The number of rotatable bonds is 6. The molecular weight excluding hydrogens is 449 g/mol. The number of benzene rings is 4.